The molecule has 1 saturated carbocycles. The molecule has 4 rings (SSSR count). The van der Waals surface area contributed by atoms with Crippen molar-refractivity contribution in [1.29, 1.82) is 0 Å². The maximum absolute atomic E-state index is 13.3. The monoisotopic (exact) mass is 352 g/mol. The lowest BCUT2D eigenvalue weighted by Gasteiger charge is -2.32. The molecule has 1 aromatic rings. The smallest absolute Gasteiger partial charge is 0.239 e. The van der Waals surface area contributed by atoms with Crippen LogP contribution in [-0.4, -0.2) is 41.7 Å². The molecule has 2 heterocycles. The van der Waals surface area contributed by atoms with Crippen molar-refractivity contribution in [2.45, 2.75) is 35.3 Å². The minimum absolute atomic E-state index is 0. The summed E-state index contributed by atoms with van der Waals surface area (Å²) < 4.78 is -0.201. The largest absolute Gasteiger partial charge is 0.341 e. The zero-order valence-corrected chi connectivity index (χ0v) is 15.0. The van der Waals surface area contributed by atoms with E-state index in [0.29, 0.717) is 17.7 Å². The Morgan fingerprint density at radius 3 is 2.30 bits per heavy atom. The van der Waals surface area contributed by atoms with E-state index in [4.69, 9.17) is 0 Å². The van der Waals surface area contributed by atoms with E-state index in [1.165, 1.54) is 17.7 Å². The average molecular weight is 353 g/mol. The molecule has 3 fully saturated rings. The number of likely N-dealkylation sites (tertiary alicyclic amines) is 1. The number of benzene rings is 1. The number of nitrogens with zero attached hydrogens (tertiary/aromatic N) is 1. The van der Waals surface area contributed by atoms with Crippen molar-refractivity contribution in [3.8, 4) is 0 Å². The van der Waals surface area contributed by atoms with Gasteiger partial charge in [0.1, 0.15) is 0 Å². The maximum Gasteiger partial charge on any atom is 0.239 e. The Balaban J connectivity index is 0.00000156. The van der Waals surface area contributed by atoms with Gasteiger partial charge in [-0.3, -0.25) is 4.79 Å². The van der Waals surface area contributed by atoms with Gasteiger partial charge in [-0.1, -0.05) is 31.0 Å². The van der Waals surface area contributed by atoms with Gasteiger partial charge in [0.2, 0.25) is 5.91 Å². The summed E-state index contributed by atoms with van der Waals surface area (Å²) in [6.07, 6.45) is 4.45. The summed E-state index contributed by atoms with van der Waals surface area (Å²) in [5.41, 5.74) is 0. The third kappa shape index (κ3) is 3.26. The average Bonchev–Trinajstić information content (AvgIpc) is 3.23. The van der Waals surface area contributed by atoms with Crippen LogP contribution in [0.4, 0.5) is 0 Å². The fraction of sp³-hybridized carbons (Fsp3) is 0.611. The van der Waals surface area contributed by atoms with Gasteiger partial charge >= 0.3 is 0 Å². The number of hydrogen-bond donors (Lipinski definition) is 1. The van der Waals surface area contributed by atoms with E-state index in [9.17, 15) is 4.79 Å². The molecule has 126 valence electrons. The zero-order valence-electron chi connectivity index (χ0n) is 13.4. The van der Waals surface area contributed by atoms with Crippen LogP contribution in [0.3, 0.4) is 0 Å². The minimum atomic E-state index is -0.201. The zero-order chi connectivity index (χ0) is 15.0. The fourth-order valence-corrected chi connectivity index (χ4v) is 5.78. The molecule has 2 saturated heterocycles. The molecule has 23 heavy (non-hydrogen) atoms. The van der Waals surface area contributed by atoms with Gasteiger partial charge in [0.15, 0.2) is 0 Å². The van der Waals surface area contributed by atoms with Crippen molar-refractivity contribution < 1.29 is 4.79 Å². The van der Waals surface area contributed by atoms with Gasteiger partial charge in [-0.15, -0.1) is 24.2 Å². The second kappa shape index (κ2) is 7.04. The molecular formula is C18H25ClN2OS. The highest BCUT2D eigenvalue weighted by atomic mass is 35.5. The topological polar surface area (TPSA) is 32.3 Å². The van der Waals surface area contributed by atoms with Crippen LogP contribution in [0.2, 0.25) is 0 Å². The summed E-state index contributed by atoms with van der Waals surface area (Å²) in [5.74, 6) is 1.78. The van der Waals surface area contributed by atoms with Gasteiger partial charge in [-0.05, 0) is 36.8 Å². The van der Waals surface area contributed by atoms with Crippen LogP contribution in [0.1, 0.15) is 25.7 Å². The SMILES string of the molecule is Cl.O=C(N1C[C@H]2CNC[C@H]2C1)C1(Sc2ccccc2)CCCC1. The van der Waals surface area contributed by atoms with E-state index in [2.05, 4.69) is 34.5 Å². The third-order valence-electron chi connectivity index (χ3n) is 5.53. The lowest BCUT2D eigenvalue weighted by molar-refractivity contribution is -0.132. The van der Waals surface area contributed by atoms with Crippen LogP contribution in [0.25, 0.3) is 0 Å². The van der Waals surface area contributed by atoms with E-state index in [1.54, 1.807) is 0 Å². The van der Waals surface area contributed by atoms with Crippen molar-refractivity contribution in [3.63, 3.8) is 0 Å². The fourth-order valence-electron chi connectivity index (χ4n) is 4.33. The Morgan fingerprint density at radius 1 is 1.09 bits per heavy atom. The Morgan fingerprint density at radius 2 is 1.70 bits per heavy atom. The van der Waals surface area contributed by atoms with Crippen molar-refractivity contribution in [2.24, 2.45) is 11.8 Å². The molecule has 1 aliphatic carbocycles. The van der Waals surface area contributed by atoms with Crippen LogP contribution in [0.15, 0.2) is 35.2 Å². The summed E-state index contributed by atoms with van der Waals surface area (Å²) in [7, 11) is 0. The van der Waals surface area contributed by atoms with Crippen molar-refractivity contribution in [1.82, 2.24) is 10.2 Å². The summed E-state index contributed by atoms with van der Waals surface area (Å²) in [6.45, 7) is 4.11. The minimum Gasteiger partial charge on any atom is -0.341 e. The lowest BCUT2D eigenvalue weighted by atomic mass is 10.0. The third-order valence-corrected chi connectivity index (χ3v) is 7.02. The first-order valence-electron chi connectivity index (χ1n) is 8.51. The van der Waals surface area contributed by atoms with E-state index in [1.807, 2.05) is 17.8 Å². The van der Waals surface area contributed by atoms with Crippen molar-refractivity contribution >= 4 is 30.1 Å². The van der Waals surface area contributed by atoms with E-state index >= 15 is 0 Å². The molecular weight excluding hydrogens is 328 g/mol. The number of nitrogens with one attached hydrogen (secondary N) is 1. The quantitative estimate of drug-likeness (QED) is 0.906. The Hall–Kier alpha value is -0.710. The normalized spacial score (nSPS) is 28.4. The van der Waals surface area contributed by atoms with Crippen LogP contribution < -0.4 is 5.32 Å². The number of thioether (sulfide) groups is 1. The van der Waals surface area contributed by atoms with Crippen LogP contribution in [0, 0.1) is 11.8 Å². The molecule has 3 aliphatic rings. The standard InChI is InChI=1S/C18H24N2OS.ClH/c21-17(20-12-14-10-19-11-15(14)13-20)18(8-4-5-9-18)22-16-6-2-1-3-7-16;/h1-3,6-7,14-15,19H,4-5,8-13H2;1H/t14-,15+;. The highest BCUT2D eigenvalue weighted by Gasteiger charge is 2.48. The predicted molar refractivity (Wildman–Crippen MR) is 97.2 cm³/mol. The number of rotatable bonds is 3. The number of halogens is 1. The molecule has 0 bridgehead atoms. The van der Waals surface area contributed by atoms with Crippen LogP contribution >= 0.6 is 24.2 Å². The van der Waals surface area contributed by atoms with Crippen molar-refractivity contribution in [3.05, 3.63) is 30.3 Å². The number of carbonyl (C=O) groups is 1. The summed E-state index contributed by atoms with van der Waals surface area (Å²) >= 11 is 1.81. The number of carbonyl (C=O) groups excluding carboxylic acids is 1. The lowest BCUT2D eigenvalue weighted by Crippen LogP contribution is -2.45. The molecule has 2 aliphatic heterocycles. The molecule has 2 atom stereocenters. The van der Waals surface area contributed by atoms with Crippen molar-refractivity contribution in [2.75, 3.05) is 26.2 Å². The first-order valence-corrected chi connectivity index (χ1v) is 9.33. The van der Waals surface area contributed by atoms with Gasteiger partial charge in [0, 0.05) is 31.1 Å². The Labute approximate surface area is 149 Å². The number of amides is 1. The molecule has 5 heteroatoms. The molecule has 0 aromatic heterocycles. The highest BCUT2D eigenvalue weighted by Crippen LogP contribution is 2.47. The molecule has 3 nitrogen and oxygen atoms in total. The summed E-state index contributed by atoms with van der Waals surface area (Å²) in [4.78, 5) is 16.7. The van der Waals surface area contributed by atoms with Gasteiger partial charge < -0.3 is 10.2 Å². The number of hydrogen-bond acceptors (Lipinski definition) is 3. The second-order valence-electron chi connectivity index (χ2n) is 7.01. The molecule has 0 unspecified atom stereocenters. The predicted octanol–water partition coefficient (Wildman–Crippen LogP) is 3.19. The second-order valence-corrected chi connectivity index (χ2v) is 8.46. The van der Waals surface area contributed by atoms with Gasteiger partial charge in [0.25, 0.3) is 0 Å². The first kappa shape index (κ1) is 17.1. The molecule has 0 spiro atoms. The molecule has 1 aromatic carbocycles. The van der Waals surface area contributed by atoms with E-state index in [-0.39, 0.29) is 17.2 Å². The van der Waals surface area contributed by atoms with Crippen LogP contribution in [-0.2, 0) is 4.79 Å². The molecule has 1 amide bonds. The maximum atomic E-state index is 13.3. The Kier molecular flexibility index (Phi) is 5.24. The molecule has 1 N–H and O–H groups in total. The van der Waals surface area contributed by atoms with Crippen LogP contribution in [0.5, 0.6) is 0 Å². The summed E-state index contributed by atoms with van der Waals surface area (Å²) in [5, 5.41) is 3.46. The highest BCUT2D eigenvalue weighted by molar-refractivity contribution is 8.01. The van der Waals surface area contributed by atoms with Gasteiger partial charge in [-0.2, -0.15) is 0 Å². The first-order chi connectivity index (χ1) is 10.8. The van der Waals surface area contributed by atoms with Gasteiger partial charge in [0.05, 0.1) is 4.75 Å². The van der Waals surface area contributed by atoms with E-state index < -0.39 is 0 Å². The van der Waals surface area contributed by atoms with Gasteiger partial charge in [-0.25, -0.2) is 0 Å². The molecule has 0 radical (unpaired) electrons. The summed E-state index contributed by atoms with van der Waals surface area (Å²) in [6, 6.07) is 10.5. The number of fused-ring (bicyclic) bond motifs is 1. The van der Waals surface area contributed by atoms with E-state index in [0.717, 1.165) is 39.0 Å². The Bertz CT molecular complexity index is 535.